The van der Waals surface area contributed by atoms with Crippen LogP contribution in [0.3, 0.4) is 0 Å². The summed E-state index contributed by atoms with van der Waals surface area (Å²) in [4.78, 5) is 2.28. The summed E-state index contributed by atoms with van der Waals surface area (Å²) in [6.07, 6.45) is 1.54. The highest BCUT2D eigenvalue weighted by atomic mass is 127. The quantitative estimate of drug-likeness (QED) is 0.458. The summed E-state index contributed by atoms with van der Waals surface area (Å²) >= 11 is 2.31. The van der Waals surface area contributed by atoms with Crippen molar-refractivity contribution in [1.29, 1.82) is 0 Å². The van der Waals surface area contributed by atoms with E-state index in [2.05, 4.69) is 59.2 Å². The van der Waals surface area contributed by atoms with E-state index in [4.69, 9.17) is 0 Å². The van der Waals surface area contributed by atoms with E-state index in [1.807, 2.05) is 31.2 Å². The van der Waals surface area contributed by atoms with Gasteiger partial charge < -0.3 is 4.90 Å². The fourth-order valence-corrected chi connectivity index (χ4v) is 5.67. The number of sulfonamides is 1. The van der Waals surface area contributed by atoms with Gasteiger partial charge in [0.05, 0.1) is 0 Å². The summed E-state index contributed by atoms with van der Waals surface area (Å²) < 4.78 is 29.2. The Labute approximate surface area is 176 Å². The third-order valence-electron chi connectivity index (χ3n) is 5.05. The first-order valence-electron chi connectivity index (χ1n) is 9.02. The average molecular weight is 496 g/mol. The van der Waals surface area contributed by atoms with Gasteiger partial charge in [-0.25, -0.2) is 8.42 Å². The Morgan fingerprint density at radius 2 is 1.67 bits per heavy atom. The van der Waals surface area contributed by atoms with Crippen molar-refractivity contribution < 1.29 is 8.42 Å². The van der Waals surface area contributed by atoms with Crippen molar-refractivity contribution in [1.82, 2.24) is 4.31 Å². The Bertz CT molecular complexity index is 918. The van der Waals surface area contributed by atoms with Gasteiger partial charge in [-0.15, -0.1) is 6.58 Å². The molecule has 0 aromatic heterocycles. The molecule has 0 radical (unpaired) electrons. The summed E-state index contributed by atoms with van der Waals surface area (Å²) in [6, 6.07) is 14.0. The Hall–Kier alpha value is -1.38. The lowest BCUT2D eigenvalue weighted by Gasteiger charge is -2.37. The highest BCUT2D eigenvalue weighted by molar-refractivity contribution is 14.1. The minimum atomic E-state index is -3.48. The molecule has 1 aliphatic rings. The largest absolute Gasteiger partial charge is 0.369 e. The van der Waals surface area contributed by atoms with E-state index in [-0.39, 0.29) is 0 Å². The van der Waals surface area contributed by atoms with Gasteiger partial charge in [0.15, 0.2) is 0 Å². The van der Waals surface area contributed by atoms with Gasteiger partial charge in [0, 0.05) is 35.4 Å². The van der Waals surface area contributed by atoms with Crippen molar-refractivity contribution in [3.63, 3.8) is 0 Å². The lowest BCUT2D eigenvalue weighted by Crippen LogP contribution is -2.49. The molecule has 0 spiro atoms. The van der Waals surface area contributed by atoms with Gasteiger partial charge in [0.2, 0.25) is 10.0 Å². The van der Waals surface area contributed by atoms with Gasteiger partial charge in [-0.3, -0.25) is 0 Å². The number of aryl methyl sites for hydroxylation is 2. The van der Waals surface area contributed by atoms with Crippen molar-refractivity contribution in [2.24, 2.45) is 0 Å². The Kier molecular flexibility index (Phi) is 6.28. The number of hydrogen-bond acceptors (Lipinski definition) is 3. The molecular formula is C21H25IN2O2S. The van der Waals surface area contributed by atoms with E-state index in [0.717, 1.165) is 11.1 Å². The molecule has 3 rings (SSSR count). The summed E-state index contributed by atoms with van der Waals surface area (Å²) in [5.41, 5.74) is 4.29. The molecule has 6 heteroatoms. The molecule has 1 heterocycles. The predicted molar refractivity (Wildman–Crippen MR) is 121 cm³/mol. The van der Waals surface area contributed by atoms with Gasteiger partial charge in [0.25, 0.3) is 0 Å². The number of benzene rings is 2. The van der Waals surface area contributed by atoms with E-state index >= 15 is 0 Å². The third-order valence-corrected chi connectivity index (χ3v) is 7.91. The van der Waals surface area contributed by atoms with E-state index < -0.39 is 15.3 Å². The predicted octanol–water partition coefficient (Wildman–Crippen LogP) is 4.29. The van der Waals surface area contributed by atoms with Crippen LogP contribution in [0.25, 0.3) is 0 Å². The fraction of sp³-hybridized carbons (Fsp3) is 0.333. The molecule has 0 bridgehead atoms. The van der Waals surface area contributed by atoms with Crippen LogP contribution in [0.5, 0.6) is 0 Å². The molecule has 1 unspecified atom stereocenters. The first kappa shape index (κ1) is 20.4. The molecule has 2 aromatic carbocycles. The Morgan fingerprint density at radius 3 is 2.26 bits per heavy atom. The highest BCUT2D eigenvalue weighted by Gasteiger charge is 2.33. The summed E-state index contributed by atoms with van der Waals surface area (Å²) in [5, 5.41) is -0.705. The van der Waals surface area contributed by atoms with Crippen LogP contribution in [-0.4, -0.2) is 38.9 Å². The second-order valence-electron chi connectivity index (χ2n) is 6.93. The lowest BCUT2D eigenvalue weighted by atomic mass is 10.1. The van der Waals surface area contributed by atoms with Crippen LogP contribution in [-0.2, 0) is 10.0 Å². The summed E-state index contributed by atoms with van der Waals surface area (Å²) in [6.45, 7) is 10.2. The van der Waals surface area contributed by atoms with Gasteiger partial charge in [-0.1, -0.05) is 42.0 Å². The fourth-order valence-electron chi connectivity index (χ4n) is 3.45. The molecule has 1 aliphatic heterocycles. The zero-order chi connectivity index (χ0) is 19.6. The summed E-state index contributed by atoms with van der Waals surface area (Å²) in [5.74, 6) is 0. The lowest BCUT2D eigenvalue weighted by molar-refractivity contribution is 0.382. The first-order valence-corrected chi connectivity index (χ1v) is 11.6. The van der Waals surface area contributed by atoms with Gasteiger partial charge >= 0.3 is 0 Å². The minimum absolute atomic E-state index is 0.490. The number of halogens is 1. The monoisotopic (exact) mass is 496 g/mol. The summed E-state index contributed by atoms with van der Waals surface area (Å²) in [7, 11) is -3.48. The molecule has 2 aromatic rings. The number of anilines is 1. The van der Waals surface area contributed by atoms with Crippen LogP contribution in [0.1, 0.15) is 21.9 Å². The van der Waals surface area contributed by atoms with Crippen LogP contribution in [0.2, 0.25) is 0 Å². The maximum absolute atomic E-state index is 13.2. The molecule has 0 aliphatic carbocycles. The average Bonchev–Trinajstić information content (AvgIpc) is 2.66. The molecule has 1 atom stereocenters. The molecule has 0 amide bonds. The molecule has 4 nitrogen and oxygen atoms in total. The molecule has 27 heavy (non-hydrogen) atoms. The topological polar surface area (TPSA) is 40.6 Å². The molecule has 0 N–H and O–H groups in total. The maximum atomic E-state index is 13.2. The van der Waals surface area contributed by atoms with E-state index in [0.29, 0.717) is 26.2 Å². The van der Waals surface area contributed by atoms with Crippen LogP contribution in [0, 0.1) is 17.4 Å². The van der Waals surface area contributed by atoms with Crippen LogP contribution in [0.4, 0.5) is 5.69 Å². The SMILES string of the molecule is C=CC(c1ccc(C)cc1)S(=O)(=O)N1CCN(c2cc(I)ccc2C)CC1. The molecule has 1 saturated heterocycles. The van der Waals surface area contributed by atoms with Crippen molar-refractivity contribution in [3.05, 3.63) is 75.4 Å². The minimum Gasteiger partial charge on any atom is -0.369 e. The normalized spacial score (nSPS) is 16.9. The van der Waals surface area contributed by atoms with Crippen LogP contribution >= 0.6 is 22.6 Å². The number of hydrogen-bond donors (Lipinski definition) is 0. The van der Waals surface area contributed by atoms with Crippen molar-refractivity contribution in [2.45, 2.75) is 19.1 Å². The van der Waals surface area contributed by atoms with E-state index in [1.165, 1.54) is 20.9 Å². The van der Waals surface area contributed by atoms with Crippen molar-refractivity contribution in [2.75, 3.05) is 31.1 Å². The number of nitrogens with zero attached hydrogens (tertiary/aromatic N) is 2. The second kappa shape index (κ2) is 8.32. The zero-order valence-electron chi connectivity index (χ0n) is 15.7. The number of piperazine rings is 1. The van der Waals surface area contributed by atoms with Crippen LogP contribution < -0.4 is 4.90 Å². The molecule has 144 valence electrons. The maximum Gasteiger partial charge on any atom is 0.224 e. The van der Waals surface area contributed by atoms with Crippen LogP contribution in [0.15, 0.2) is 55.1 Å². The Balaban J connectivity index is 1.76. The molecule has 0 saturated carbocycles. The standard InChI is InChI=1S/C21H25IN2O2S/c1-4-21(18-8-5-16(2)6-9-18)27(25,26)24-13-11-23(12-14-24)20-15-19(22)10-7-17(20)3/h4-10,15,21H,1,11-14H2,2-3H3. The van der Waals surface area contributed by atoms with Gasteiger partial charge in [-0.05, 0) is 59.7 Å². The molecule has 1 fully saturated rings. The van der Waals surface area contributed by atoms with E-state index in [1.54, 1.807) is 4.31 Å². The van der Waals surface area contributed by atoms with Gasteiger partial charge in [-0.2, -0.15) is 4.31 Å². The Morgan fingerprint density at radius 1 is 1.04 bits per heavy atom. The third kappa shape index (κ3) is 4.38. The smallest absolute Gasteiger partial charge is 0.224 e. The highest BCUT2D eigenvalue weighted by Crippen LogP contribution is 2.29. The van der Waals surface area contributed by atoms with Crippen molar-refractivity contribution >= 4 is 38.3 Å². The van der Waals surface area contributed by atoms with E-state index in [9.17, 15) is 8.42 Å². The van der Waals surface area contributed by atoms with Crippen molar-refractivity contribution in [3.8, 4) is 0 Å². The second-order valence-corrected chi connectivity index (χ2v) is 10.2. The first-order chi connectivity index (χ1) is 12.8. The zero-order valence-corrected chi connectivity index (χ0v) is 18.7. The van der Waals surface area contributed by atoms with Gasteiger partial charge in [0.1, 0.15) is 5.25 Å². The molecular weight excluding hydrogens is 471 g/mol. The number of rotatable bonds is 5.